The summed E-state index contributed by atoms with van der Waals surface area (Å²) in [6.07, 6.45) is 4.93. The molecule has 0 aromatic heterocycles. The van der Waals surface area contributed by atoms with Crippen LogP contribution in [-0.4, -0.2) is 24.7 Å². The van der Waals surface area contributed by atoms with E-state index < -0.39 is 5.60 Å². The SMILES string of the molecule is CCCCC[C@](C)(OCC)C(=O)Nc1ccc(OCCC)c(C)c1. The third-order valence-electron chi connectivity index (χ3n) is 4.10. The fourth-order valence-corrected chi connectivity index (χ4v) is 2.65. The van der Waals surface area contributed by atoms with Crippen molar-refractivity contribution in [3.8, 4) is 5.75 Å². The van der Waals surface area contributed by atoms with Crippen LogP contribution < -0.4 is 10.1 Å². The Morgan fingerprint density at radius 1 is 1.17 bits per heavy atom. The first-order valence-corrected chi connectivity index (χ1v) is 9.15. The van der Waals surface area contributed by atoms with Crippen molar-refractivity contribution in [1.82, 2.24) is 0 Å². The van der Waals surface area contributed by atoms with Crippen molar-refractivity contribution >= 4 is 11.6 Å². The molecule has 1 aromatic rings. The van der Waals surface area contributed by atoms with Crippen LogP contribution in [0.2, 0.25) is 0 Å². The summed E-state index contributed by atoms with van der Waals surface area (Å²) in [6.45, 7) is 11.3. The highest BCUT2D eigenvalue weighted by Crippen LogP contribution is 2.25. The molecule has 0 unspecified atom stereocenters. The number of carbonyl (C=O) groups excluding carboxylic acids is 1. The normalized spacial score (nSPS) is 13.4. The molecule has 0 radical (unpaired) electrons. The Labute approximate surface area is 146 Å². The Balaban J connectivity index is 2.77. The summed E-state index contributed by atoms with van der Waals surface area (Å²) in [5.41, 5.74) is 1.02. The number of unbranched alkanes of at least 4 members (excludes halogenated alkanes) is 2. The van der Waals surface area contributed by atoms with E-state index in [1.165, 1.54) is 0 Å². The quantitative estimate of drug-likeness (QED) is 0.572. The zero-order chi connectivity index (χ0) is 18.0. The summed E-state index contributed by atoms with van der Waals surface area (Å²) >= 11 is 0. The number of ether oxygens (including phenoxy) is 2. The maximum absolute atomic E-state index is 12.7. The number of rotatable bonds is 11. The van der Waals surface area contributed by atoms with Gasteiger partial charge in [-0.15, -0.1) is 0 Å². The molecule has 1 atom stereocenters. The highest BCUT2D eigenvalue weighted by Gasteiger charge is 2.33. The number of anilines is 1. The molecule has 0 bridgehead atoms. The number of hydrogen-bond acceptors (Lipinski definition) is 3. The zero-order valence-electron chi connectivity index (χ0n) is 15.9. The summed E-state index contributed by atoms with van der Waals surface area (Å²) in [5, 5.41) is 3.00. The molecule has 0 fully saturated rings. The summed E-state index contributed by atoms with van der Waals surface area (Å²) in [4.78, 5) is 12.7. The Morgan fingerprint density at radius 3 is 2.50 bits per heavy atom. The lowest BCUT2D eigenvalue weighted by Gasteiger charge is -2.28. The highest BCUT2D eigenvalue weighted by molar-refractivity contribution is 5.97. The predicted octanol–water partition coefficient (Wildman–Crippen LogP) is 5.10. The van der Waals surface area contributed by atoms with E-state index in [1.807, 2.05) is 39.0 Å². The van der Waals surface area contributed by atoms with Crippen molar-refractivity contribution in [3.63, 3.8) is 0 Å². The van der Waals surface area contributed by atoms with Gasteiger partial charge in [-0.3, -0.25) is 4.79 Å². The molecule has 0 aliphatic heterocycles. The standard InChI is InChI=1S/C20H33NO3/c1-6-9-10-13-20(5,24-8-3)19(22)21-17-11-12-18(16(4)15-17)23-14-7-2/h11-12,15H,6-10,13-14H2,1-5H3,(H,21,22)/t20-/m0/s1. The van der Waals surface area contributed by atoms with Gasteiger partial charge >= 0.3 is 0 Å². The molecule has 0 saturated heterocycles. The summed E-state index contributed by atoms with van der Waals surface area (Å²) in [5.74, 6) is 0.785. The molecule has 0 aliphatic carbocycles. The minimum atomic E-state index is -0.783. The smallest absolute Gasteiger partial charge is 0.256 e. The second-order valence-electron chi connectivity index (χ2n) is 6.40. The van der Waals surface area contributed by atoms with Gasteiger partial charge in [-0.25, -0.2) is 0 Å². The number of carbonyl (C=O) groups is 1. The van der Waals surface area contributed by atoms with Gasteiger partial charge in [-0.2, -0.15) is 0 Å². The number of benzene rings is 1. The van der Waals surface area contributed by atoms with E-state index in [0.717, 1.165) is 49.1 Å². The minimum absolute atomic E-state index is 0.0814. The molecule has 1 rings (SSSR count). The van der Waals surface area contributed by atoms with Crippen molar-refractivity contribution in [2.24, 2.45) is 0 Å². The van der Waals surface area contributed by atoms with Crippen LogP contribution in [0.15, 0.2) is 18.2 Å². The average molecular weight is 335 g/mol. The van der Waals surface area contributed by atoms with Gasteiger partial charge in [0.15, 0.2) is 0 Å². The Kier molecular flexibility index (Phi) is 8.83. The number of aryl methyl sites for hydroxylation is 1. The zero-order valence-corrected chi connectivity index (χ0v) is 15.9. The summed E-state index contributed by atoms with van der Waals surface area (Å²) < 4.78 is 11.5. The maximum atomic E-state index is 12.7. The second-order valence-corrected chi connectivity index (χ2v) is 6.40. The maximum Gasteiger partial charge on any atom is 0.256 e. The van der Waals surface area contributed by atoms with E-state index in [0.29, 0.717) is 13.2 Å². The van der Waals surface area contributed by atoms with E-state index in [9.17, 15) is 4.79 Å². The lowest BCUT2D eigenvalue weighted by atomic mass is 9.96. The lowest BCUT2D eigenvalue weighted by Crippen LogP contribution is -2.42. The molecule has 0 heterocycles. The van der Waals surface area contributed by atoms with E-state index in [4.69, 9.17) is 9.47 Å². The largest absolute Gasteiger partial charge is 0.493 e. The van der Waals surface area contributed by atoms with Gasteiger partial charge in [-0.1, -0.05) is 33.1 Å². The third-order valence-corrected chi connectivity index (χ3v) is 4.10. The molecular weight excluding hydrogens is 302 g/mol. The average Bonchev–Trinajstić information content (AvgIpc) is 2.54. The van der Waals surface area contributed by atoms with E-state index in [-0.39, 0.29) is 5.91 Å². The van der Waals surface area contributed by atoms with Gasteiger partial charge in [0.05, 0.1) is 6.61 Å². The molecule has 4 nitrogen and oxygen atoms in total. The lowest BCUT2D eigenvalue weighted by molar-refractivity contribution is -0.139. The van der Waals surface area contributed by atoms with Crippen LogP contribution >= 0.6 is 0 Å². The number of amides is 1. The minimum Gasteiger partial charge on any atom is -0.493 e. The van der Waals surface area contributed by atoms with Gasteiger partial charge in [0.2, 0.25) is 0 Å². The molecule has 4 heteroatoms. The van der Waals surface area contributed by atoms with E-state index in [2.05, 4.69) is 19.2 Å². The molecule has 24 heavy (non-hydrogen) atoms. The van der Waals surface area contributed by atoms with Gasteiger partial charge in [0.1, 0.15) is 11.4 Å². The monoisotopic (exact) mass is 335 g/mol. The Bertz CT molecular complexity index is 516. The number of nitrogens with one attached hydrogen (secondary N) is 1. The van der Waals surface area contributed by atoms with Gasteiger partial charge in [-0.05, 0) is 57.4 Å². The summed E-state index contributed by atoms with van der Waals surface area (Å²) in [7, 11) is 0. The summed E-state index contributed by atoms with van der Waals surface area (Å²) in [6, 6.07) is 5.74. The van der Waals surface area contributed by atoms with Crippen LogP contribution in [0.1, 0.15) is 65.4 Å². The van der Waals surface area contributed by atoms with Gasteiger partial charge in [0, 0.05) is 12.3 Å². The van der Waals surface area contributed by atoms with Crippen LogP contribution in [0.3, 0.4) is 0 Å². The molecule has 136 valence electrons. The first-order valence-electron chi connectivity index (χ1n) is 9.15. The fraction of sp³-hybridized carbons (Fsp3) is 0.650. The molecule has 0 aliphatic rings. The molecule has 1 N–H and O–H groups in total. The van der Waals surface area contributed by atoms with Crippen LogP contribution in [-0.2, 0) is 9.53 Å². The topological polar surface area (TPSA) is 47.6 Å². The Morgan fingerprint density at radius 2 is 1.92 bits per heavy atom. The van der Waals surface area contributed by atoms with Crippen LogP contribution in [0.4, 0.5) is 5.69 Å². The van der Waals surface area contributed by atoms with Gasteiger partial charge in [0.25, 0.3) is 5.91 Å². The van der Waals surface area contributed by atoms with E-state index in [1.54, 1.807) is 0 Å². The second kappa shape index (κ2) is 10.3. The van der Waals surface area contributed by atoms with Crippen LogP contribution in [0.25, 0.3) is 0 Å². The van der Waals surface area contributed by atoms with Crippen LogP contribution in [0.5, 0.6) is 5.75 Å². The molecule has 0 spiro atoms. The van der Waals surface area contributed by atoms with Crippen molar-refractivity contribution in [1.29, 1.82) is 0 Å². The molecular formula is C20H33NO3. The third kappa shape index (κ3) is 6.16. The molecule has 0 saturated carbocycles. The van der Waals surface area contributed by atoms with Crippen molar-refractivity contribution in [2.75, 3.05) is 18.5 Å². The van der Waals surface area contributed by atoms with Crippen molar-refractivity contribution in [3.05, 3.63) is 23.8 Å². The van der Waals surface area contributed by atoms with Gasteiger partial charge < -0.3 is 14.8 Å². The fourth-order valence-electron chi connectivity index (χ4n) is 2.65. The van der Waals surface area contributed by atoms with Crippen LogP contribution in [0, 0.1) is 6.92 Å². The predicted molar refractivity (Wildman–Crippen MR) is 99.8 cm³/mol. The number of hydrogen-bond donors (Lipinski definition) is 1. The first-order chi connectivity index (χ1) is 11.5. The first kappa shape index (κ1) is 20.5. The Hall–Kier alpha value is -1.55. The highest BCUT2D eigenvalue weighted by atomic mass is 16.5. The van der Waals surface area contributed by atoms with E-state index >= 15 is 0 Å². The van der Waals surface area contributed by atoms with Crippen molar-refractivity contribution in [2.45, 2.75) is 72.3 Å². The molecule has 1 aromatic carbocycles. The molecule has 1 amide bonds. The van der Waals surface area contributed by atoms with Crippen molar-refractivity contribution < 1.29 is 14.3 Å².